The van der Waals surface area contributed by atoms with Crippen LogP contribution in [0.25, 0.3) is 17.2 Å². The fourth-order valence-electron chi connectivity index (χ4n) is 4.67. The number of benzene rings is 2. The van der Waals surface area contributed by atoms with Gasteiger partial charge in [0.2, 0.25) is 0 Å². The third-order valence-corrected chi connectivity index (χ3v) is 7.04. The normalized spacial score (nSPS) is 14.6. The zero-order valence-electron chi connectivity index (χ0n) is 19.3. The lowest BCUT2D eigenvalue weighted by Gasteiger charge is -2.41. The van der Waals surface area contributed by atoms with Gasteiger partial charge in [-0.1, -0.05) is 62.2 Å². The first-order valence-electron chi connectivity index (χ1n) is 11.9. The third kappa shape index (κ3) is 4.38. The zero-order valence-corrected chi connectivity index (χ0v) is 19.3. The molecule has 1 saturated carbocycles. The fourth-order valence-corrected chi connectivity index (χ4v) is 4.67. The highest BCUT2D eigenvalue weighted by molar-refractivity contribution is 5.98. The van der Waals surface area contributed by atoms with Gasteiger partial charge in [-0.2, -0.15) is 9.50 Å². The van der Waals surface area contributed by atoms with Crippen LogP contribution in [0.2, 0.25) is 0 Å². The highest BCUT2D eigenvalue weighted by atomic mass is 16.5. The van der Waals surface area contributed by atoms with Crippen LogP contribution in [0.5, 0.6) is 5.75 Å². The molecule has 0 unspecified atom stereocenters. The smallest absolute Gasteiger partial charge is 0.274 e. The van der Waals surface area contributed by atoms with E-state index in [-0.39, 0.29) is 23.7 Å². The average Bonchev–Trinajstić information content (AvgIpc) is 3.28. The van der Waals surface area contributed by atoms with E-state index in [2.05, 4.69) is 22.0 Å². The molecule has 0 amide bonds. The minimum Gasteiger partial charge on any atom is -0.487 e. The molecule has 1 N–H and O–H groups in total. The van der Waals surface area contributed by atoms with Crippen molar-refractivity contribution in [3.63, 3.8) is 0 Å². The van der Waals surface area contributed by atoms with E-state index in [1.807, 2.05) is 48.5 Å². The van der Waals surface area contributed by atoms with Gasteiger partial charge in [-0.3, -0.25) is 14.7 Å². The minimum atomic E-state index is -0.270. The van der Waals surface area contributed by atoms with Crippen molar-refractivity contribution in [2.24, 2.45) is 5.41 Å². The Labute approximate surface area is 197 Å². The Morgan fingerprint density at radius 1 is 1.09 bits per heavy atom. The molecule has 7 heteroatoms. The van der Waals surface area contributed by atoms with Gasteiger partial charge in [0.15, 0.2) is 11.6 Å². The molecule has 4 aromatic rings. The second kappa shape index (κ2) is 9.25. The van der Waals surface area contributed by atoms with Crippen molar-refractivity contribution >= 4 is 11.6 Å². The number of H-pyrrole nitrogens is 1. The predicted octanol–water partition coefficient (Wildman–Crippen LogP) is 5.21. The summed E-state index contributed by atoms with van der Waals surface area (Å²) < 4.78 is 7.28. The van der Waals surface area contributed by atoms with E-state index < -0.39 is 0 Å². The summed E-state index contributed by atoms with van der Waals surface area (Å²) in [6.45, 7) is 2.29. The number of Topliss-reactive ketones (excluding diaryl/α,β-unsaturated/α-hetero) is 1. The number of aromatic nitrogens is 4. The van der Waals surface area contributed by atoms with Crippen LogP contribution in [0, 0.1) is 5.41 Å². The van der Waals surface area contributed by atoms with Gasteiger partial charge in [-0.05, 0) is 36.8 Å². The molecule has 0 bridgehead atoms. The van der Waals surface area contributed by atoms with Gasteiger partial charge < -0.3 is 4.74 Å². The number of fused-ring (bicyclic) bond motifs is 1. The van der Waals surface area contributed by atoms with Gasteiger partial charge in [0.1, 0.15) is 12.4 Å². The Morgan fingerprint density at radius 3 is 2.59 bits per heavy atom. The van der Waals surface area contributed by atoms with Crippen LogP contribution in [0.1, 0.15) is 61.5 Å². The molecule has 0 saturated heterocycles. The molecule has 0 spiro atoms. The minimum absolute atomic E-state index is 0.0719. The van der Waals surface area contributed by atoms with E-state index in [1.165, 1.54) is 29.8 Å². The Bertz CT molecular complexity index is 1360. The first-order valence-corrected chi connectivity index (χ1v) is 11.9. The number of hydrogen-bond acceptors (Lipinski definition) is 5. The second-order valence-corrected chi connectivity index (χ2v) is 9.07. The zero-order chi connectivity index (χ0) is 23.5. The summed E-state index contributed by atoms with van der Waals surface area (Å²) in [5.74, 6) is 1.45. The van der Waals surface area contributed by atoms with E-state index in [0.29, 0.717) is 34.7 Å². The number of hydrogen-bond donors (Lipinski definition) is 1. The van der Waals surface area contributed by atoms with Gasteiger partial charge in [0.05, 0.1) is 11.3 Å². The molecule has 5 rings (SSSR count). The van der Waals surface area contributed by atoms with Crippen LogP contribution in [0.15, 0.2) is 65.5 Å². The van der Waals surface area contributed by atoms with Gasteiger partial charge in [0.25, 0.3) is 11.3 Å². The highest BCUT2D eigenvalue weighted by Gasteiger charge is 2.35. The standard InChI is InChI=1S/C27H28N4O3/c1-2-27(14-8-15-27)16-13-22(32)21-11-6-7-12-23(21)34-18-20-17-24(33)31-26(28-20)29-25(30-31)19-9-4-3-5-10-19/h3-7,9-12,17H,2,8,13-16,18H2,1H3,(H,28,29,30). The van der Waals surface area contributed by atoms with Crippen LogP contribution < -0.4 is 10.3 Å². The van der Waals surface area contributed by atoms with Crippen LogP contribution in [0.4, 0.5) is 0 Å². The molecule has 0 radical (unpaired) electrons. The lowest BCUT2D eigenvalue weighted by atomic mass is 9.64. The molecule has 0 aliphatic heterocycles. The lowest BCUT2D eigenvalue weighted by molar-refractivity contribution is 0.0843. The molecule has 2 aromatic heterocycles. The molecular formula is C27H28N4O3. The topological polar surface area (TPSA) is 89.4 Å². The van der Waals surface area contributed by atoms with E-state index in [1.54, 1.807) is 6.07 Å². The summed E-state index contributed by atoms with van der Waals surface area (Å²) in [5.41, 5.74) is 1.97. The van der Waals surface area contributed by atoms with Crippen molar-refractivity contribution in [1.29, 1.82) is 0 Å². The van der Waals surface area contributed by atoms with Crippen LogP contribution >= 0.6 is 0 Å². The molecule has 1 fully saturated rings. The number of aromatic amines is 1. The Hall–Kier alpha value is -3.74. The van der Waals surface area contributed by atoms with Crippen LogP contribution in [0.3, 0.4) is 0 Å². The van der Waals surface area contributed by atoms with Crippen LogP contribution in [-0.4, -0.2) is 25.4 Å². The molecule has 0 atom stereocenters. The highest BCUT2D eigenvalue weighted by Crippen LogP contribution is 2.47. The van der Waals surface area contributed by atoms with E-state index in [9.17, 15) is 9.59 Å². The first kappa shape index (κ1) is 22.1. The Kier molecular flexibility index (Phi) is 6.01. The molecule has 7 nitrogen and oxygen atoms in total. The third-order valence-electron chi connectivity index (χ3n) is 7.04. The second-order valence-electron chi connectivity index (χ2n) is 9.07. The summed E-state index contributed by atoms with van der Waals surface area (Å²) in [7, 11) is 0. The van der Waals surface area contributed by atoms with Crippen molar-refractivity contribution in [3.05, 3.63) is 82.3 Å². The maximum absolute atomic E-state index is 13.0. The van der Waals surface area contributed by atoms with Crippen LogP contribution in [-0.2, 0) is 6.61 Å². The number of nitrogens with zero attached hydrogens (tertiary/aromatic N) is 3. The van der Waals surface area contributed by atoms with Crippen molar-refractivity contribution in [2.75, 3.05) is 0 Å². The van der Waals surface area contributed by atoms with Gasteiger partial charge >= 0.3 is 0 Å². The Morgan fingerprint density at radius 2 is 1.85 bits per heavy atom. The number of carbonyl (C=O) groups is 1. The fraction of sp³-hybridized carbons (Fsp3) is 0.333. The maximum atomic E-state index is 13.0. The lowest BCUT2D eigenvalue weighted by Crippen LogP contribution is -2.29. The van der Waals surface area contributed by atoms with E-state index in [4.69, 9.17) is 4.74 Å². The molecular weight excluding hydrogens is 428 g/mol. The van der Waals surface area contributed by atoms with Crippen molar-refractivity contribution < 1.29 is 9.53 Å². The average molecular weight is 457 g/mol. The number of ether oxygens (including phenoxy) is 1. The molecule has 2 aromatic carbocycles. The molecule has 1 aliphatic carbocycles. The summed E-state index contributed by atoms with van der Waals surface area (Å²) in [5, 5.41) is 2.99. The molecule has 34 heavy (non-hydrogen) atoms. The number of carbonyl (C=O) groups excluding carboxylic acids is 1. The summed E-state index contributed by atoms with van der Waals surface area (Å²) in [6.07, 6.45) is 6.28. The Balaban J connectivity index is 1.32. The SMILES string of the molecule is CCC1(CCC(=O)c2ccccc2OCc2cc(=O)n3[nH]c(-c4ccccc4)nc3n2)CCC1. The number of ketones is 1. The van der Waals surface area contributed by atoms with Gasteiger partial charge in [0, 0.05) is 18.1 Å². The number of para-hydroxylation sites is 1. The van der Waals surface area contributed by atoms with Gasteiger partial charge in [-0.25, -0.2) is 4.98 Å². The predicted molar refractivity (Wildman–Crippen MR) is 130 cm³/mol. The molecule has 174 valence electrons. The summed E-state index contributed by atoms with van der Waals surface area (Å²) >= 11 is 0. The maximum Gasteiger partial charge on any atom is 0.274 e. The van der Waals surface area contributed by atoms with Crippen molar-refractivity contribution in [3.8, 4) is 17.1 Å². The monoisotopic (exact) mass is 456 g/mol. The number of nitrogens with one attached hydrogen (secondary N) is 1. The molecule has 2 heterocycles. The first-order chi connectivity index (χ1) is 16.6. The quantitative estimate of drug-likeness (QED) is 0.349. The van der Waals surface area contributed by atoms with Crippen molar-refractivity contribution in [2.45, 2.75) is 52.1 Å². The van der Waals surface area contributed by atoms with Crippen molar-refractivity contribution in [1.82, 2.24) is 19.6 Å². The van der Waals surface area contributed by atoms with E-state index >= 15 is 0 Å². The summed E-state index contributed by atoms with van der Waals surface area (Å²) in [4.78, 5) is 34.5. The largest absolute Gasteiger partial charge is 0.487 e. The molecule has 1 aliphatic rings. The van der Waals surface area contributed by atoms with E-state index in [0.717, 1.165) is 18.4 Å². The van der Waals surface area contributed by atoms with Gasteiger partial charge in [-0.15, -0.1) is 0 Å². The summed E-state index contributed by atoms with van der Waals surface area (Å²) in [6, 6.07) is 18.3. The number of rotatable bonds is 9.